The van der Waals surface area contributed by atoms with Crippen LogP contribution >= 0.6 is 22.9 Å². The molecular formula is C26H22ClN7O3S2. The summed E-state index contributed by atoms with van der Waals surface area (Å²) in [6, 6.07) is 19.0. The van der Waals surface area contributed by atoms with E-state index in [2.05, 4.69) is 30.2 Å². The van der Waals surface area contributed by atoms with Gasteiger partial charge >= 0.3 is 0 Å². The number of sulfonamides is 1. The molecule has 0 aliphatic heterocycles. The summed E-state index contributed by atoms with van der Waals surface area (Å²) >= 11 is 7.44. The lowest BCUT2D eigenvalue weighted by molar-refractivity contribution is -0.115. The van der Waals surface area contributed by atoms with E-state index < -0.39 is 10.0 Å². The number of aromatic nitrogens is 5. The minimum atomic E-state index is -3.86. The smallest absolute Gasteiger partial charge is 0.261 e. The van der Waals surface area contributed by atoms with Crippen molar-refractivity contribution in [3.63, 3.8) is 0 Å². The number of hydrogen-bond acceptors (Lipinski definition) is 8. The van der Waals surface area contributed by atoms with Gasteiger partial charge in [-0.1, -0.05) is 59.3 Å². The quantitative estimate of drug-likeness (QED) is 0.246. The predicted molar refractivity (Wildman–Crippen MR) is 151 cm³/mol. The van der Waals surface area contributed by atoms with Crippen molar-refractivity contribution in [3.8, 4) is 16.1 Å². The van der Waals surface area contributed by atoms with E-state index in [1.807, 2.05) is 30.3 Å². The van der Waals surface area contributed by atoms with Gasteiger partial charge in [-0.05, 0) is 44.2 Å². The van der Waals surface area contributed by atoms with Crippen LogP contribution in [0.25, 0.3) is 16.1 Å². The molecule has 0 atom stereocenters. The Morgan fingerprint density at radius 2 is 1.69 bits per heavy atom. The highest BCUT2D eigenvalue weighted by Crippen LogP contribution is 2.35. The molecule has 3 heterocycles. The lowest BCUT2D eigenvalue weighted by Gasteiger charge is -2.10. The predicted octanol–water partition coefficient (Wildman–Crippen LogP) is 5.04. The first-order chi connectivity index (χ1) is 18.7. The van der Waals surface area contributed by atoms with Gasteiger partial charge in [-0.3, -0.25) is 9.52 Å². The second-order valence-corrected chi connectivity index (χ2v) is 11.5. The van der Waals surface area contributed by atoms with Crippen LogP contribution in [0.15, 0.2) is 77.8 Å². The third-order valence-corrected chi connectivity index (χ3v) is 8.44. The number of nitrogens with one attached hydrogen (secondary N) is 2. The molecule has 198 valence electrons. The Morgan fingerprint density at radius 1 is 1.00 bits per heavy atom. The fourth-order valence-corrected chi connectivity index (χ4v) is 5.98. The minimum absolute atomic E-state index is 0.00729. The Bertz CT molecular complexity index is 1760. The zero-order valence-corrected chi connectivity index (χ0v) is 23.2. The number of para-hydroxylation sites is 1. The number of pyridine rings is 1. The Hall–Kier alpha value is -4.13. The highest BCUT2D eigenvalue weighted by Gasteiger charge is 2.19. The highest BCUT2D eigenvalue weighted by molar-refractivity contribution is 7.92. The topological polar surface area (TPSA) is 132 Å². The fourth-order valence-electron chi connectivity index (χ4n) is 3.73. The van der Waals surface area contributed by atoms with Gasteiger partial charge in [-0.15, -0.1) is 0 Å². The van der Waals surface area contributed by atoms with E-state index in [9.17, 15) is 13.2 Å². The van der Waals surface area contributed by atoms with Crippen molar-refractivity contribution in [2.24, 2.45) is 0 Å². The number of hydrogen-bond donors (Lipinski definition) is 2. The van der Waals surface area contributed by atoms with Gasteiger partial charge in [-0.2, -0.15) is 15.0 Å². The van der Waals surface area contributed by atoms with Crippen LogP contribution < -0.4 is 10.0 Å². The van der Waals surface area contributed by atoms with E-state index >= 15 is 0 Å². The van der Waals surface area contributed by atoms with Crippen LogP contribution in [0.2, 0.25) is 5.15 Å². The summed E-state index contributed by atoms with van der Waals surface area (Å²) in [7, 11) is -3.86. The molecule has 2 N–H and O–H groups in total. The Kier molecular flexibility index (Phi) is 7.42. The first-order valence-corrected chi connectivity index (χ1v) is 14.4. The van der Waals surface area contributed by atoms with E-state index in [-0.39, 0.29) is 28.1 Å². The lowest BCUT2D eigenvalue weighted by Crippen LogP contribution is -2.15. The van der Waals surface area contributed by atoms with Gasteiger partial charge in [0.15, 0.2) is 10.3 Å². The summed E-state index contributed by atoms with van der Waals surface area (Å²) in [6.07, 6.45) is 1.56. The van der Waals surface area contributed by atoms with Crippen LogP contribution in [-0.4, -0.2) is 39.3 Å². The third kappa shape index (κ3) is 5.98. The molecule has 2 aromatic carbocycles. The number of rotatable bonds is 8. The average Bonchev–Trinajstić information content (AvgIpc) is 3.47. The lowest BCUT2D eigenvalue weighted by atomic mass is 10.2. The highest BCUT2D eigenvalue weighted by atomic mass is 35.5. The standard InChI is InChI=1S/C26H22ClN7O3S2/c1-16-21(32-34(31-16)19-9-5-3-6-10-19)14-23(35)30-26-29-17(2)24(38-26)18-13-22(25(27)28-15-18)33-39(36,37)20-11-7-4-8-12-20/h3-13,15,33H,14H2,1-2H3,(H,29,30,35). The van der Waals surface area contributed by atoms with Crippen LogP contribution in [0.3, 0.4) is 0 Å². The van der Waals surface area contributed by atoms with Crippen LogP contribution in [0.5, 0.6) is 0 Å². The maximum absolute atomic E-state index is 12.8. The molecular weight excluding hydrogens is 558 g/mol. The second-order valence-electron chi connectivity index (χ2n) is 8.50. The number of aryl methyl sites for hydroxylation is 2. The molecule has 0 bridgehead atoms. The van der Waals surface area contributed by atoms with Crippen LogP contribution in [-0.2, 0) is 21.2 Å². The molecule has 0 fully saturated rings. The first-order valence-electron chi connectivity index (χ1n) is 11.7. The number of carbonyl (C=O) groups is 1. The third-order valence-electron chi connectivity index (χ3n) is 5.63. The zero-order chi connectivity index (χ0) is 27.6. The number of amides is 1. The van der Waals surface area contributed by atoms with Gasteiger partial charge in [0.1, 0.15) is 0 Å². The second kappa shape index (κ2) is 10.9. The number of carbonyl (C=O) groups excluding carboxylic acids is 1. The van der Waals surface area contributed by atoms with Crippen LogP contribution in [0, 0.1) is 13.8 Å². The van der Waals surface area contributed by atoms with E-state index in [1.165, 1.54) is 34.5 Å². The SMILES string of the molecule is Cc1nn(-c2ccccc2)nc1CC(=O)Nc1nc(C)c(-c2cnc(Cl)c(NS(=O)(=O)c3ccccc3)c2)s1. The van der Waals surface area contributed by atoms with Gasteiger partial charge in [0.2, 0.25) is 5.91 Å². The van der Waals surface area contributed by atoms with E-state index in [4.69, 9.17) is 11.6 Å². The molecule has 0 radical (unpaired) electrons. The van der Waals surface area contributed by atoms with E-state index in [0.29, 0.717) is 32.7 Å². The summed E-state index contributed by atoms with van der Waals surface area (Å²) in [6.45, 7) is 3.59. The molecule has 5 aromatic rings. The normalized spacial score (nSPS) is 11.4. The van der Waals surface area contributed by atoms with Crippen LogP contribution in [0.1, 0.15) is 17.1 Å². The number of benzene rings is 2. The summed E-state index contributed by atoms with van der Waals surface area (Å²) in [4.78, 5) is 23.7. The summed E-state index contributed by atoms with van der Waals surface area (Å²) < 4.78 is 28.1. The minimum Gasteiger partial charge on any atom is -0.302 e. The molecule has 0 spiro atoms. The molecule has 0 saturated carbocycles. The monoisotopic (exact) mass is 579 g/mol. The van der Waals surface area contributed by atoms with Crippen molar-refractivity contribution in [2.75, 3.05) is 10.0 Å². The maximum atomic E-state index is 12.8. The zero-order valence-electron chi connectivity index (χ0n) is 20.8. The van der Waals surface area contributed by atoms with Crippen molar-refractivity contribution in [2.45, 2.75) is 25.2 Å². The van der Waals surface area contributed by atoms with E-state index in [1.54, 1.807) is 38.1 Å². The molecule has 3 aromatic heterocycles. The number of nitrogens with zero attached hydrogens (tertiary/aromatic N) is 5. The number of halogens is 1. The number of thiazole rings is 1. The molecule has 1 amide bonds. The van der Waals surface area contributed by atoms with Crippen LogP contribution in [0.4, 0.5) is 10.8 Å². The first kappa shape index (κ1) is 26.5. The van der Waals surface area contributed by atoms with Gasteiger partial charge in [0, 0.05) is 11.8 Å². The average molecular weight is 580 g/mol. The summed E-state index contributed by atoms with van der Waals surface area (Å²) in [5, 5.41) is 12.1. The van der Waals surface area contributed by atoms with Crippen molar-refractivity contribution >= 4 is 49.7 Å². The molecule has 5 rings (SSSR count). The molecule has 13 heteroatoms. The van der Waals surface area contributed by atoms with Gasteiger partial charge in [0.05, 0.1) is 44.7 Å². The molecule has 0 aliphatic carbocycles. The maximum Gasteiger partial charge on any atom is 0.261 e. The Balaban J connectivity index is 1.32. The fraction of sp³-hybridized carbons (Fsp3) is 0.115. The largest absolute Gasteiger partial charge is 0.302 e. The molecule has 0 aliphatic rings. The Morgan fingerprint density at radius 3 is 2.41 bits per heavy atom. The molecule has 0 unspecified atom stereocenters. The van der Waals surface area contributed by atoms with Gasteiger partial charge < -0.3 is 5.32 Å². The van der Waals surface area contributed by atoms with Crippen molar-refractivity contribution in [3.05, 3.63) is 95.2 Å². The Labute approximate surface area is 233 Å². The summed E-state index contributed by atoms with van der Waals surface area (Å²) in [5.74, 6) is -0.288. The molecule has 10 nitrogen and oxygen atoms in total. The van der Waals surface area contributed by atoms with Gasteiger partial charge in [0.25, 0.3) is 10.0 Å². The number of anilines is 2. The van der Waals surface area contributed by atoms with Crippen molar-refractivity contribution < 1.29 is 13.2 Å². The van der Waals surface area contributed by atoms with Crippen molar-refractivity contribution in [1.29, 1.82) is 0 Å². The molecule has 0 saturated heterocycles. The van der Waals surface area contributed by atoms with Gasteiger partial charge in [-0.25, -0.2) is 18.4 Å². The summed E-state index contributed by atoms with van der Waals surface area (Å²) in [5.41, 5.74) is 3.39. The molecule has 39 heavy (non-hydrogen) atoms. The van der Waals surface area contributed by atoms with E-state index in [0.717, 1.165) is 5.69 Å². The van der Waals surface area contributed by atoms with Crippen molar-refractivity contribution in [1.82, 2.24) is 25.0 Å².